The average molecular weight is 359 g/mol. The summed E-state index contributed by atoms with van der Waals surface area (Å²) in [6.07, 6.45) is 5.25. The Morgan fingerprint density at radius 2 is 1.92 bits per heavy atom. The van der Waals surface area contributed by atoms with Crippen molar-refractivity contribution in [3.63, 3.8) is 0 Å². The minimum atomic E-state index is 0.705. The van der Waals surface area contributed by atoms with Crippen LogP contribution in [-0.4, -0.2) is 31.1 Å². The lowest BCUT2D eigenvalue weighted by Gasteiger charge is -2.37. The Labute approximate surface area is 153 Å². The first-order valence-electron chi connectivity index (χ1n) is 8.76. The number of hydrogen-bond donors (Lipinski definition) is 0. The summed E-state index contributed by atoms with van der Waals surface area (Å²) in [4.78, 5) is 7.61. The van der Waals surface area contributed by atoms with Crippen LogP contribution in [0.3, 0.4) is 0 Å². The van der Waals surface area contributed by atoms with Gasteiger partial charge in [0.2, 0.25) is 0 Å². The van der Waals surface area contributed by atoms with E-state index in [1.54, 1.807) is 0 Å². The van der Waals surface area contributed by atoms with Crippen LogP contribution in [0.2, 0.25) is 5.02 Å². The van der Waals surface area contributed by atoms with Gasteiger partial charge in [0.05, 0.1) is 11.4 Å². The predicted octanol–water partition coefficient (Wildman–Crippen LogP) is 5.82. The number of hydrogen-bond acceptors (Lipinski definition) is 3. The molecular formula is C20H23ClN2S. The lowest BCUT2D eigenvalue weighted by atomic mass is 9.99. The highest BCUT2D eigenvalue weighted by atomic mass is 35.5. The van der Waals surface area contributed by atoms with Gasteiger partial charge in [-0.15, -0.1) is 0 Å². The Kier molecular flexibility index (Phi) is 4.75. The molecule has 0 spiro atoms. The SMILES string of the molecule is CN1CCCCC1CCN1c2ccccc2Sc2cc(Cl)ccc21. The van der Waals surface area contributed by atoms with Gasteiger partial charge in [-0.1, -0.05) is 41.9 Å². The lowest BCUT2D eigenvalue weighted by molar-refractivity contribution is 0.178. The second-order valence-corrected chi connectivity index (χ2v) is 8.27. The van der Waals surface area contributed by atoms with Crippen LogP contribution in [0.1, 0.15) is 25.7 Å². The molecule has 126 valence electrons. The summed E-state index contributed by atoms with van der Waals surface area (Å²) in [6.45, 7) is 2.30. The standard InChI is InChI=1S/C20H23ClN2S/c1-22-12-5-4-6-16(22)11-13-23-17-7-2-3-8-19(17)24-20-14-15(21)9-10-18(20)23/h2-3,7-10,14,16H,4-6,11-13H2,1H3. The van der Waals surface area contributed by atoms with Crippen molar-refractivity contribution in [3.05, 3.63) is 47.5 Å². The first-order chi connectivity index (χ1) is 11.7. The maximum absolute atomic E-state index is 6.23. The van der Waals surface area contributed by atoms with Crippen LogP contribution in [0.25, 0.3) is 0 Å². The fourth-order valence-corrected chi connectivity index (χ4v) is 5.21. The number of rotatable bonds is 3. The molecule has 4 rings (SSSR count). The number of para-hydroxylation sites is 1. The van der Waals surface area contributed by atoms with Crippen LogP contribution in [0, 0.1) is 0 Å². The summed E-state index contributed by atoms with van der Waals surface area (Å²) in [5.74, 6) is 0. The minimum absolute atomic E-state index is 0.705. The zero-order valence-corrected chi connectivity index (χ0v) is 15.6. The maximum Gasteiger partial charge on any atom is 0.0553 e. The van der Waals surface area contributed by atoms with Crippen molar-refractivity contribution in [2.45, 2.75) is 41.5 Å². The second kappa shape index (κ2) is 6.99. The van der Waals surface area contributed by atoms with Crippen molar-refractivity contribution >= 4 is 34.7 Å². The Morgan fingerprint density at radius 1 is 1.08 bits per heavy atom. The van der Waals surface area contributed by atoms with Crippen LogP contribution in [0.5, 0.6) is 0 Å². The number of halogens is 1. The first-order valence-corrected chi connectivity index (χ1v) is 9.96. The molecule has 0 aromatic heterocycles. The van der Waals surface area contributed by atoms with E-state index >= 15 is 0 Å². The number of nitrogens with zero attached hydrogens (tertiary/aromatic N) is 2. The molecule has 1 fully saturated rings. The van der Waals surface area contributed by atoms with E-state index in [9.17, 15) is 0 Å². The van der Waals surface area contributed by atoms with Crippen molar-refractivity contribution in [2.75, 3.05) is 25.0 Å². The number of benzene rings is 2. The van der Waals surface area contributed by atoms with Crippen LogP contribution in [0.4, 0.5) is 11.4 Å². The molecule has 4 heteroatoms. The van der Waals surface area contributed by atoms with Gasteiger partial charge in [0.25, 0.3) is 0 Å². The zero-order chi connectivity index (χ0) is 16.5. The van der Waals surface area contributed by atoms with E-state index in [2.05, 4.69) is 53.2 Å². The molecule has 0 N–H and O–H groups in total. The van der Waals surface area contributed by atoms with E-state index in [0.717, 1.165) is 11.6 Å². The summed E-state index contributed by atoms with van der Waals surface area (Å²) in [5.41, 5.74) is 2.62. The molecule has 2 nitrogen and oxygen atoms in total. The van der Waals surface area contributed by atoms with Gasteiger partial charge < -0.3 is 9.80 Å². The Hall–Kier alpha value is -1.16. The van der Waals surface area contributed by atoms with E-state index in [0.29, 0.717) is 6.04 Å². The summed E-state index contributed by atoms with van der Waals surface area (Å²) in [7, 11) is 2.28. The van der Waals surface area contributed by atoms with Gasteiger partial charge in [-0.25, -0.2) is 0 Å². The van der Waals surface area contributed by atoms with Gasteiger partial charge in [-0.3, -0.25) is 0 Å². The normalized spacial score (nSPS) is 20.6. The maximum atomic E-state index is 6.23. The summed E-state index contributed by atoms with van der Waals surface area (Å²) < 4.78 is 0. The van der Waals surface area contributed by atoms with E-state index in [-0.39, 0.29) is 0 Å². The van der Waals surface area contributed by atoms with E-state index in [1.165, 1.54) is 53.4 Å². The number of fused-ring (bicyclic) bond motifs is 2. The zero-order valence-electron chi connectivity index (χ0n) is 14.0. The van der Waals surface area contributed by atoms with Crippen molar-refractivity contribution in [2.24, 2.45) is 0 Å². The van der Waals surface area contributed by atoms with Crippen LogP contribution in [-0.2, 0) is 0 Å². The molecule has 0 bridgehead atoms. The van der Waals surface area contributed by atoms with Crippen molar-refractivity contribution in [1.82, 2.24) is 4.90 Å². The van der Waals surface area contributed by atoms with Gasteiger partial charge in [0.15, 0.2) is 0 Å². The summed E-state index contributed by atoms with van der Waals surface area (Å²) >= 11 is 8.06. The highest BCUT2D eigenvalue weighted by Gasteiger charge is 2.25. The molecule has 2 aromatic rings. The molecule has 0 radical (unpaired) electrons. The van der Waals surface area contributed by atoms with Gasteiger partial charge in [-0.2, -0.15) is 0 Å². The fourth-order valence-electron chi connectivity index (χ4n) is 3.84. The third-order valence-corrected chi connectivity index (χ3v) is 6.54. The molecule has 1 unspecified atom stereocenters. The molecule has 0 aliphatic carbocycles. The molecule has 2 aromatic carbocycles. The van der Waals surface area contributed by atoms with E-state index in [4.69, 9.17) is 11.6 Å². The average Bonchev–Trinajstić information content (AvgIpc) is 2.59. The summed E-state index contributed by atoms with van der Waals surface area (Å²) in [5, 5.41) is 0.813. The molecule has 2 aliphatic rings. The molecule has 0 saturated carbocycles. The van der Waals surface area contributed by atoms with Gasteiger partial charge in [0, 0.05) is 27.4 Å². The highest BCUT2D eigenvalue weighted by molar-refractivity contribution is 7.99. The van der Waals surface area contributed by atoms with Crippen LogP contribution < -0.4 is 4.90 Å². The fraction of sp³-hybridized carbons (Fsp3) is 0.400. The van der Waals surface area contributed by atoms with Gasteiger partial charge in [0.1, 0.15) is 0 Å². The van der Waals surface area contributed by atoms with Crippen molar-refractivity contribution < 1.29 is 0 Å². The molecule has 1 saturated heterocycles. The predicted molar refractivity (Wildman–Crippen MR) is 104 cm³/mol. The summed E-state index contributed by atoms with van der Waals surface area (Å²) in [6, 6.07) is 15.7. The van der Waals surface area contributed by atoms with Crippen LogP contribution >= 0.6 is 23.4 Å². The minimum Gasteiger partial charge on any atom is -0.340 e. The molecule has 2 heterocycles. The largest absolute Gasteiger partial charge is 0.340 e. The third-order valence-electron chi connectivity index (χ3n) is 5.20. The topological polar surface area (TPSA) is 6.48 Å². The smallest absolute Gasteiger partial charge is 0.0553 e. The Bertz CT molecular complexity index is 733. The lowest BCUT2D eigenvalue weighted by Crippen LogP contribution is -2.38. The molecule has 1 atom stereocenters. The monoisotopic (exact) mass is 358 g/mol. The highest BCUT2D eigenvalue weighted by Crippen LogP contribution is 2.48. The second-order valence-electron chi connectivity index (χ2n) is 6.75. The van der Waals surface area contributed by atoms with Crippen LogP contribution in [0.15, 0.2) is 52.3 Å². The number of piperidine rings is 1. The molecule has 0 amide bonds. The van der Waals surface area contributed by atoms with E-state index < -0.39 is 0 Å². The Balaban J connectivity index is 1.62. The first kappa shape index (κ1) is 16.3. The van der Waals surface area contributed by atoms with E-state index in [1.807, 2.05) is 17.8 Å². The Morgan fingerprint density at radius 3 is 2.79 bits per heavy atom. The molecule has 2 aliphatic heterocycles. The molecule has 24 heavy (non-hydrogen) atoms. The quantitative estimate of drug-likeness (QED) is 0.682. The van der Waals surface area contributed by atoms with Gasteiger partial charge >= 0.3 is 0 Å². The van der Waals surface area contributed by atoms with Crippen molar-refractivity contribution in [1.29, 1.82) is 0 Å². The number of anilines is 2. The number of likely N-dealkylation sites (tertiary alicyclic amines) is 1. The molecular weight excluding hydrogens is 336 g/mol. The third kappa shape index (κ3) is 3.17. The van der Waals surface area contributed by atoms with Crippen molar-refractivity contribution in [3.8, 4) is 0 Å². The van der Waals surface area contributed by atoms with Gasteiger partial charge in [-0.05, 0) is 63.2 Å².